The highest BCUT2D eigenvalue weighted by Gasteiger charge is 2.24. The Labute approximate surface area is 105 Å². The predicted molar refractivity (Wildman–Crippen MR) is 62.9 cm³/mol. The Kier molecular flexibility index (Phi) is 3.70. The van der Waals surface area contributed by atoms with Gasteiger partial charge in [0.15, 0.2) is 21.3 Å². The summed E-state index contributed by atoms with van der Waals surface area (Å²) in [6.45, 7) is 0. The van der Waals surface area contributed by atoms with E-state index in [2.05, 4.69) is 5.16 Å². The minimum Gasteiger partial charge on any atom is -0.476 e. The molecule has 100 valence electrons. The van der Waals surface area contributed by atoms with Crippen molar-refractivity contribution in [3.8, 4) is 0 Å². The SMILES string of the molecule is O=C(O)c1cc(CS(=O)(=O)CC2CCCC2)on1. The van der Waals surface area contributed by atoms with Gasteiger partial charge in [-0.25, -0.2) is 13.2 Å². The van der Waals surface area contributed by atoms with Gasteiger partial charge in [0.25, 0.3) is 0 Å². The molecule has 6 nitrogen and oxygen atoms in total. The van der Waals surface area contributed by atoms with Gasteiger partial charge in [0.1, 0.15) is 5.75 Å². The van der Waals surface area contributed by atoms with Gasteiger partial charge < -0.3 is 9.63 Å². The van der Waals surface area contributed by atoms with Gasteiger partial charge in [-0.05, 0) is 18.8 Å². The second-order valence-electron chi connectivity index (χ2n) is 4.69. The molecular formula is C11H15NO5S. The van der Waals surface area contributed by atoms with Gasteiger partial charge in [-0.1, -0.05) is 18.0 Å². The van der Waals surface area contributed by atoms with Crippen molar-refractivity contribution in [1.29, 1.82) is 0 Å². The summed E-state index contributed by atoms with van der Waals surface area (Å²) in [6, 6.07) is 1.16. The summed E-state index contributed by atoms with van der Waals surface area (Å²) in [7, 11) is -3.26. The van der Waals surface area contributed by atoms with E-state index in [1.54, 1.807) is 0 Å². The molecule has 1 aliphatic rings. The number of hydrogen-bond donors (Lipinski definition) is 1. The maximum atomic E-state index is 11.9. The molecule has 1 heterocycles. The van der Waals surface area contributed by atoms with E-state index in [0.717, 1.165) is 31.7 Å². The van der Waals surface area contributed by atoms with Gasteiger partial charge in [0.05, 0.1) is 5.75 Å². The maximum absolute atomic E-state index is 11.9. The predicted octanol–water partition coefficient (Wildman–Crippen LogP) is 1.48. The minimum absolute atomic E-state index is 0.0883. The number of carboxylic acid groups (broad SMARTS) is 1. The smallest absolute Gasteiger partial charge is 0.358 e. The van der Waals surface area contributed by atoms with Gasteiger partial charge in [0.2, 0.25) is 0 Å². The molecule has 1 N–H and O–H groups in total. The Balaban J connectivity index is 2.00. The molecule has 7 heteroatoms. The van der Waals surface area contributed by atoms with Crippen LogP contribution < -0.4 is 0 Å². The largest absolute Gasteiger partial charge is 0.476 e. The average Bonchev–Trinajstić information content (AvgIpc) is 2.87. The first-order chi connectivity index (χ1) is 8.46. The Morgan fingerprint density at radius 3 is 2.67 bits per heavy atom. The second kappa shape index (κ2) is 5.09. The molecule has 1 aromatic heterocycles. The van der Waals surface area contributed by atoms with Crippen molar-refractivity contribution in [1.82, 2.24) is 5.16 Å². The summed E-state index contributed by atoms with van der Waals surface area (Å²) in [5.74, 6) is -1.03. The molecular weight excluding hydrogens is 258 g/mol. The van der Waals surface area contributed by atoms with Crippen LogP contribution in [0.1, 0.15) is 41.9 Å². The quantitative estimate of drug-likeness (QED) is 0.872. The molecule has 1 fully saturated rings. The summed E-state index contributed by atoms with van der Waals surface area (Å²) in [4.78, 5) is 10.6. The second-order valence-corrected chi connectivity index (χ2v) is 6.80. The molecule has 0 aromatic carbocycles. The molecule has 0 bridgehead atoms. The van der Waals surface area contributed by atoms with Gasteiger partial charge in [-0.15, -0.1) is 0 Å². The van der Waals surface area contributed by atoms with E-state index in [1.807, 2.05) is 0 Å². The molecule has 0 radical (unpaired) electrons. The third kappa shape index (κ3) is 3.32. The Morgan fingerprint density at radius 2 is 2.11 bits per heavy atom. The third-order valence-electron chi connectivity index (χ3n) is 3.10. The molecule has 0 unspecified atom stereocenters. The Bertz CT molecular complexity index is 527. The summed E-state index contributed by atoms with van der Waals surface area (Å²) in [5.41, 5.74) is -0.263. The van der Waals surface area contributed by atoms with Gasteiger partial charge >= 0.3 is 5.97 Å². The van der Waals surface area contributed by atoms with Crippen LogP contribution in [0.2, 0.25) is 0 Å². The van der Waals surface area contributed by atoms with Crippen LogP contribution in [-0.2, 0) is 15.6 Å². The summed E-state index contributed by atoms with van der Waals surface area (Å²) >= 11 is 0. The highest BCUT2D eigenvalue weighted by molar-refractivity contribution is 7.90. The Morgan fingerprint density at radius 1 is 1.44 bits per heavy atom. The van der Waals surface area contributed by atoms with E-state index in [1.165, 1.54) is 0 Å². The topological polar surface area (TPSA) is 97.5 Å². The molecule has 0 atom stereocenters. The van der Waals surface area contributed by atoms with Crippen LogP contribution in [0.5, 0.6) is 0 Å². The van der Waals surface area contributed by atoms with E-state index < -0.39 is 15.8 Å². The van der Waals surface area contributed by atoms with Crippen molar-refractivity contribution in [2.45, 2.75) is 31.4 Å². The van der Waals surface area contributed by atoms with Crippen molar-refractivity contribution in [2.75, 3.05) is 5.75 Å². The molecule has 1 aliphatic carbocycles. The van der Waals surface area contributed by atoms with Crippen LogP contribution in [0.15, 0.2) is 10.6 Å². The van der Waals surface area contributed by atoms with Crippen molar-refractivity contribution >= 4 is 15.8 Å². The first-order valence-corrected chi connectivity index (χ1v) is 7.68. The van der Waals surface area contributed by atoms with Crippen LogP contribution in [0.3, 0.4) is 0 Å². The normalized spacial score (nSPS) is 17.1. The lowest BCUT2D eigenvalue weighted by atomic mass is 10.1. The number of carboxylic acids is 1. The number of carbonyl (C=O) groups is 1. The minimum atomic E-state index is -3.26. The standard InChI is InChI=1S/C11H15NO5S/c13-11(14)10-5-9(17-12-10)7-18(15,16)6-8-3-1-2-4-8/h5,8H,1-4,6-7H2,(H,13,14). The fourth-order valence-corrected chi connectivity index (χ4v) is 4.03. The lowest BCUT2D eigenvalue weighted by Gasteiger charge is -2.08. The first kappa shape index (κ1) is 13.1. The number of rotatable bonds is 5. The summed E-state index contributed by atoms with van der Waals surface area (Å²) in [6.07, 6.45) is 4.09. The zero-order chi connectivity index (χ0) is 13.2. The molecule has 0 aliphatic heterocycles. The van der Waals surface area contributed by atoms with Crippen LogP contribution in [0.4, 0.5) is 0 Å². The van der Waals surface area contributed by atoms with E-state index in [0.29, 0.717) is 0 Å². The lowest BCUT2D eigenvalue weighted by Crippen LogP contribution is -2.15. The molecule has 0 saturated heterocycles. The van der Waals surface area contributed by atoms with Gasteiger partial charge in [-0.2, -0.15) is 0 Å². The van der Waals surface area contributed by atoms with Crippen molar-refractivity contribution in [3.63, 3.8) is 0 Å². The van der Waals surface area contributed by atoms with Crippen LogP contribution >= 0.6 is 0 Å². The third-order valence-corrected chi connectivity index (χ3v) is 4.81. The van der Waals surface area contributed by atoms with Crippen LogP contribution in [-0.4, -0.2) is 30.4 Å². The monoisotopic (exact) mass is 273 g/mol. The van der Waals surface area contributed by atoms with Crippen molar-refractivity contribution in [3.05, 3.63) is 17.5 Å². The molecule has 1 saturated carbocycles. The average molecular weight is 273 g/mol. The lowest BCUT2D eigenvalue weighted by molar-refractivity contribution is 0.0685. The highest BCUT2D eigenvalue weighted by Crippen LogP contribution is 2.26. The molecule has 2 rings (SSSR count). The van der Waals surface area contributed by atoms with E-state index in [-0.39, 0.29) is 28.9 Å². The molecule has 0 spiro atoms. The Hall–Kier alpha value is -1.37. The highest BCUT2D eigenvalue weighted by atomic mass is 32.2. The van der Waals surface area contributed by atoms with Gasteiger partial charge in [-0.3, -0.25) is 0 Å². The van der Waals surface area contributed by atoms with Crippen molar-refractivity contribution in [2.24, 2.45) is 5.92 Å². The van der Waals surface area contributed by atoms with Crippen LogP contribution in [0.25, 0.3) is 0 Å². The van der Waals surface area contributed by atoms with E-state index >= 15 is 0 Å². The van der Waals surface area contributed by atoms with E-state index in [9.17, 15) is 13.2 Å². The molecule has 18 heavy (non-hydrogen) atoms. The molecule has 1 aromatic rings. The number of aromatic carboxylic acids is 1. The van der Waals surface area contributed by atoms with Crippen LogP contribution in [0, 0.1) is 5.92 Å². The summed E-state index contributed by atoms with van der Waals surface area (Å²) < 4.78 is 28.5. The van der Waals surface area contributed by atoms with Gasteiger partial charge in [0, 0.05) is 6.07 Å². The van der Waals surface area contributed by atoms with E-state index in [4.69, 9.17) is 9.63 Å². The van der Waals surface area contributed by atoms with Crippen molar-refractivity contribution < 1.29 is 22.8 Å². The zero-order valence-electron chi connectivity index (χ0n) is 9.83. The number of sulfone groups is 1. The fraction of sp³-hybridized carbons (Fsp3) is 0.636. The fourth-order valence-electron chi connectivity index (χ4n) is 2.29. The zero-order valence-corrected chi connectivity index (χ0v) is 10.6. The number of aromatic nitrogens is 1. The first-order valence-electron chi connectivity index (χ1n) is 5.85. The molecule has 0 amide bonds. The summed E-state index contributed by atoms with van der Waals surface area (Å²) in [5, 5.41) is 11.9. The number of hydrogen-bond acceptors (Lipinski definition) is 5. The number of nitrogens with zero attached hydrogens (tertiary/aromatic N) is 1. The maximum Gasteiger partial charge on any atom is 0.358 e.